The number of hydrogen-bond donors (Lipinski definition) is 6. The lowest BCUT2D eigenvalue weighted by molar-refractivity contribution is -0.00825. The van der Waals surface area contributed by atoms with Gasteiger partial charge in [-0.05, 0) is 216 Å². The van der Waals surface area contributed by atoms with Crippen LogP contribution in [0.1, 0.15) is 208 Å². The molecule has 0 aliphatic carbocycles. The molecule has 0 aromatic carbocycles. The van der Waals surface area contributed by atoms with Crippen LogP contribution in [0.2, 0.25) is 0 Å². The van der Waals surface area contributed by atoms with Gasteiger partial charge in [-0.15, -0.1) is 0 Å². The Morgan fingerprint density at radius 3 is 0.833 bits per heavy atom. The molecule has 16 heteroatoms. The first kappa shape index (κ1) is 57.9. The number of rotatable bonds is 20. The van der Waals surface area contributed by atoms with E-state index in [0.717, 1.165) is 90.1 Å². The highest BCUT2D eigenvalue weighted by molar-refractivity contribution is 5.45. The summed E-state index contributed by atoms with van der Waals surface area (Å²) >= 11 is 0. The standard InChI is InChI=1S/C56H106N16/c1-22-38(27-25-29-58-44-65-47(61-41-34-53(10,11)71(20)54(12,13)35-41)68-48(66-44)62-42-36-55(14,15)72(21)56(16,17)37-42)26-23-24-28-57-43-63-45(59-39-30-49(2,3)69(18)50(4,5)31-39)67-46(64-43)60-40-32-51(6,7)70(19)52(8,9)33-40/h38-42H,22-37H2,1-21H3,(H3,57,59,60,63,64,67)(H3,58,61,62,65,66,68). The van der Waals surface area contributed by atoms with Gasteiger partial charge < -0.3 is 31.9 Å². The average molecular weight is 1000 g/mol. The molecule has 4 aliphatic heterocycles. The Morgan fingerprint density at radius 2 is 0.583 bits per heavy atom. The number of aromatic nitrogens is 6. The number of nitrogens with zero attached hydrogens (tertiary/aromatic N) is 10. The third kappa shape index (κ3) is 14.3. The molecule has 6 rings (SSSR count). The third-order valence-electron chi connectivity index (χ3n) is 18.8. The van der Waals surface area contributed by atoms with Crippen LogP contribution < -0.4 is 31.9 Å². The molecule has 0 spiro atoms. The van der Waals surface area contributed by atoms with Crippen LogP contribution in [-0.2, 0) is 0 Å². The minimum atomic E-state index is 0.0492. The lowest BCUT2D eigenvalue weighted by Crippen LogP contribution is -2.61. The van der Waals surface area contributed by atoms with E-state index in [1.807, 2.05) is 0 Å². The Bertz CT molecular complexity index is 1900. The fourth-order valence-corrected chi connectivity index (χ4v) is 13.7. The predicted octanol–water partition coefficient (Wildman–Crippen LogP) is 10.8. The van der Waals surface area contributed by atoms with Crippen molar-refractivity contribution in [2.75, 3.05) is 73.2 Å². The van der Waals surface area contributed by atoms with Crippen LogP contribution in [0.3, 0.4) is 0 Å². The van der Waals surface area contributed by atoms with Crippen LogP contribution in [0, 0.1) is 5.92 Å². The SMILES string of the molecule is CCC(CCCCNc1nc(NC2CC(C)(C)N(C)C(C)(C)C2)nc(NC2CC(C)(C)N(C)C(C)(C)C2)n1)CCCNc1nc(NC2CC(C)(C)N(C)C(C)(C)C2)nc(NC2CC(C)(C)N(C)C(C)(C)C2)n1. The number of nitrogens with one attached hydrogen (secondary N) is 6. The molecule has 16 nitrogen and oxygen atoms in total. The van der Waals surface area contributed by atoms with Crippen molar-refractivity contribution < 1.29 is 0 Å². The minimum Gasteiger partial charge on any atom is -0.354 e. The lowest BCUT2D eigenvalue weighted by atomic mass is 9.77. The van der Waals surface area contributed by atoms with E-state index in [-0.39, 0.29) is 68.5 Å². The third-order valence-corrected chi connectivity index (χ3v) is 18.8. The Morgan fingerprint density at radius 1 is 0.361 bits per heavy atom. The maximum Gasteiger partial charge on any atom is 0.229 e. The monoisotopic (exact) mass is 1000 g/mol. The summed E-state index contributed by atoms with van der Waals surface area (Å²) in [5.74, 6) is 4.53. The zero-order chi connectivity index (χ0) is 53.5. The Kier molecular flexibility index (Phi) is 17.5. The van der Waals surface area contributed by atoms with E-state index in [1.54, 1.807) is 0 Å². The molecule has 2 aromatic rings. The van der Waals surface area contributed by atoms with E-state index < -0.39 is 0 Å². The van der Waals surface area contributed by atoms with Crippen molar-refractivity contribution in [2.45, 2.75) is 276 Å². The van der Waals surface area contributed by atoms with Crippen molar-refractivity contribution in [1.82, 2.24) is 49.5 Å². The predicted molar refractivity (Wildman–Crippen MR) is 304 cm³/mol. The van der Waals surface area contributed by atoms with E-state index in [1.165, 1.54) is 12.8 Å². The van der Waals surface area contributed by atoms with Gasteiger partial charge in [-0.25, -0.2) is 0 Å². The lowest BCUT2D eigenvalue weighted by Gasteiger charge is -2.54. The minimum absolute atomic E-state index is 0.0492. The van der Waals surface area contributed by atoms with Gasteiger partial charge in [0.2, 0.25) is 35.7 Å². The second kappa shape index (κ2) is 21.7. The van der Waals surface area contributed by atoms with Gasteiger partial charge in [0, 0.05) is 81.6 Å². The fraction of sp³-hybridized carbons (Fsp3) is 0.893. The molecule has 1 atom stereocenters. The summed E-state index contributed by atoms with van der Waals surface area (Å²) in [6, 6.07) is 1.01. The molecule has 4 saturated heterocycles. The second-order valence-corrected chi connectivity index (χ2v) is 28.1. The van der Waals surface area contributed by atoms with Gasteiger partial charge in [0.15, 0.2) is 0 Å². The smallest absolute Gasteiger partial charge is 0.229 e. The van der Waals surface area contributed by atoms with Crippen LogP contribution in [0.15, 0.2) is 0 Å². The molecule has 0 amide bonds. The van der Waals surface area contributed by atoms with Crippen LogP contribution in [-0.4, -0.2) is 159 Å². The molecule has 1 unspecified atom stereocenters. The molecule has 0 bridgehead atoms. The second-order valence-electron chi connectivity index (χ2n) is 28.1. The highest BCUT2D eigenvalue weighted by Gasteiger charge is 2.47. The van der Waals surface area contributed by atoms with E-state index in [9.17, 15) is 0 Å². The zero-order valence-corrected chi connectivity index (χ0v) is 49.7. The van der Waals surface area contributed by atoms with Gasteiger partial charge in [0.05, 0.1) is 0 Å². The van der Waals surface area contributed by atoms with Crippen molar-refractivity contribution in [1.29, 1.82) is 0 Å². The topological polar surface area (TPSA) is 162 Å². The first-order valence-electron chi connectivity index (χ1n) is 28.1. The molecule has 6 heterocycles. The summed E-state index contributed by atoms with van der Waals surface area (Å²) in [5, 5.41) is 22.4. The number of anilines is 6. The van der Waals surface area contributed by atoms with Crippen molar-refractivity contribution in [3.8, 4) is 0 Å². The van der Waals surface area contributed by atoms with Gasteiger partial charge in [-0.3, -0.25) is 19.6 Å². The van der Waals surface area contributed by atoms with E-state index in [0.29, 0.717) is 41.6 Å². The molecule has 4 fully saturated rings. The molecule has 0 radical (unpaired) electrons. The molecule has 410 valence electrons. The normalized spacial score (nSPS) is 25.1. The highest BCUT2D eigenvalue weighted by atomic mass is 15.3. The summed E-state index contributed by atoms with van der Waals surface area (Å²) in [4.78, 5) is 40.1. The van der Waals surface area contributed by atoms with Crippen LogP contribution in [0.25, 0.3) is 0 Å². The van der Waals surface area contributed by atoms with E-state index >= 15 is 0 Å². The maximum absolute atomic E-state index is 5.03. The Labute approximate surface area is 438 Å². The van der Waals surface area contributed by atoms with Crippen LogP contribution >= 0.6 is 0 Å². The maximum atomic E-state index is 5.03. The molecule has 2 aromatic heterocycles. The first-order chi connectivity index (χ1) is 33.1. The quantitative estimate of drug-likeness (QED) is 0.0694. The van der Waals surface area contributed by atoms with Crippen molar-refractivity contribution >= 4 is 35.7 Å². The Hall–Kier alpha value is -3.34. The van der Waals surface area contributed by atoms with E-state index in [2.05, 4.69) is 197 Å². The molecule has 72 heavy (non-hydrogen) atoms. The number of likely N-dealkylation sites (tertiary alicyclic amines) is 4. The number of piperidine rings is 4. The average Bonchev–Trinajstić information content (AvgIpc) is 3.22. The van der Waals surface area contributed by atoms with Gasteiger partial charge in [0.1, 0.15) is 0 Å². The van der Waals surface area contributed by atoms with Gasteiger partial charge in [-0.1, -0.05) is 26.2 Å². The van der Waals surface area contributed by atoms with Gasteiger partial charge in [0.25, 0.3) is 0 Å². The first-order valence-corrected chi connectivity index (χ1v) is 28.1. The Balaban J connectivity index is 1.05. The zero-order valence-electron chi connectivity index (χ0n) is 49.7. The van der Waals surface area contributed by atoms with Gasteiger partial charge in [-0.2, -0.15) is 29.9 Å². The van der Waals surface area contributed by atoms with Crippen LogP contribution in [0.5, 0.6) is 0 Å². The van der Waals surface area contributed by atoms with E-state index in [4.69, 9.17) is 29.9 Å². The van der Waals surface area contributed by atoms with Crippen molar-refractivity contribution in [2.24, 2.45) is 5.92 Å². The summed E-state index contributed by atoms with van der Waals surface area (Å²) < 4.78 is 0. The summed E-state index contributed by atoms with van der Waals surface area (Å²) in [7, 11) is 9.01. The largest absolute Gasteiger partial charge is 0.354 e. The van der Waals surface area contributed by atoms with Crippen LogP contribution in [0.4, 0.5) is 35.7 Å². The van der Waals surface area contributed by atoms with Crippen molar-refractivity contribution in [3.63, 3.8) is 0 Å². The summed E-state index contributed by atoms with van der Waals surface area (Å²) in [6.07, 6.45) is 14.8. The molecular weight excluding hydrogens is 897 g/mol. The van der Waals surface area contributed by atoms with Crippen molar-refractivity contribution in [3.05, 3.63) is 0 Å². The molecule has 0 saturated carbocycles. The summed E-state index contributed by atoms with van der Waals surface area (Å²) in [6.45, 7) is 41.4. The molecular formula is C56H106N16. The molecule has 6 N–H and O–H groups in total. The molecule has 4 aliphatic rings. The highest BCUT2D eigenvalue weighted by Crippen LogP contribution is 2.42. The van der Waals surface area contributed by atoms with Gasteiger partial charge >= 0.3 is 0 Å². The number of unbranched alkanes of at least 4 members (excludes halogenated alkanes) is 1. The fourth-order valence-electron chi connectivity index (χ4n) is 13.7. The summed E-state index contributed by atoms with van der Waals surface area (Å²) in [5.41, 5.74) is 0.396. The number of hydrogen-bond acceptors (Lipinski definition) is 16.